The van der Waals surface area contributed by atoms with Gasteiger partial charge in [-0.25, -0.2) is 0 Å². The third-order valence-electron chi connectivity index (χ3n) is 4.11. The van der Waals surface area contributed by atoms with E-state index in [4.69, 9.17) is 0 Å². The Hall–Kier alpha value is -0.370. The summed E-state index contributed by atoms with van der Waals surface area (Å²) in [5.41, 5.74) is 0.149. The van der Waals surface area contributed by atoms with Crippen LogP contribution >= 0.6 is 0 Å². The Kier molecular flexibility index (Phi) is 1.45. The minimum absolute atomic E-state index is 0.0787. The summed E-state index contributed by atoms with van der Waals surface area (Å²) >= 11 is 0. The molecule has 0 unspecified atom stereocenters. The van der Waals surface area contributed by atoms with Gasteiger partial charge >= 0.3 is 0 Å². The molecular formula is C10H16O2. The molecule has 2 nitrogen and oxygen atoms in total. The molecule has 3 fully saturated rings. The molecule has 0 amide bonds. The number of hydrogen-bond acceptors (Lipinski definition) is 2. The van der Waals surface area contributed by atoms with Crippen molar-refractivity contribution in [2.45, 2.75) is 33.3 Å². The average Bonchev–Trinajstić information content (AvgIpc) is 1.98. The first-order valence-corrected chi connectivity index (χ1v) is 4.68. The van der Waals surface area contributed by atoms with Gasteiger partial charge in [-0.3, -0.25) is 4.79 Å². The van der Waals surface area contributed by atoms with Gasteiger partial charge in [0.2, 0.25) is 0 Å². The van der Waals surface area contributed by atoms with Crippen LogP contribution in [0.5, 0.6) is 0 Å². The predicted molar refractivity (Wildman–Crippen MR) is 45.6 cm³/mol. The Morgan fingerprint density at radius 3 is 2.50 bits per heavy atom. The first-order chi connectivity index (χ1) is 5.46. The van der Waals surface area contributed by atoms with E-state index < -0.39 is 6.10 Å². The van der Waals surface area contributed by atoms with E-state index in [-0.39, 0.29) is 23.0 Å². The Bertz CT molecular complexity index is 232. The molecule has 4 atom stereocenters. The lowest BCUT2D eigenvalue weighted by Crippen LogP contribution is -2.62. The van der Waals surface area contributed by atoms with E-state index >= 15 is 0 Å². The van der Waals surface area contributed by atoms with Crippen molar-refractivity contribution < 1.29 is 9.90 Å². The molecule has 0 heterocycles. The molecule has 12 heavy (non-hydrogen) atoms. The van der Waals surface area contributed by atoms with Crippen LogP contribution < -0.4 is 0 Å². The molecule has 1 N–H and O–H groups in total. The predicted octanol–water partition coefficient (Wildman–Crippen LogP) is 1.23. The van der Waals surface area contributed by atoms with Crippen molar-refractivity contribution in [1.29, 1.82) is 0 Å². The summed E-state index contributed by atoms with van der Waals surface area (Å²) in [6.07, 6.45) is 0.325. The fourth-order valence-corrected chi connectivity index (χ4v) is 3.02. The summed E-state index contributed by atoms with van der Waals surface area (Å²) in [6.45, 7) is 6.28. The number of aliphatic hydroxyl groups excluding tert-OH is 1. The van der Waals surface area contributed by atoms with E-state index in [1.807, 2.05) is 6.92 Å². The zero-order valence-electron chi connectivity index (χ0n) is 7.87. The molecule has 3 rings (SSSR count). The van der Waals surface area contributed by atoms with Crippen molar-refractivity contribution in [2.24, 2.45) is 23.2 Å². The molecule has 0 saturated heterocycles. The minimum atomic E-state index is -0.679. The van der Waals surface area contributed by atoms with Gasteiger partial charge in [0, 0.05) is 5.92 Å². The van der Waals surface area contributed by atoms with Crippen molar-refractivity contribution in [3.63, 3.8) is 0 Å². The topological polar surface area (TPSA) is 37.3 Å². The molecule has 0 radical (unpaired) electrons. The zero-order chi connectivity index (χ0) is 9.09. The largest absolute Gasteiger partial charge is 0.385 e. The quantitative estimate of drug-likeness (QED) is 0.590. The molecular weight excluding hydrogens is 152 g/mol. The number of rotatable bonds is 0. The highest BCUT2D eigenvalue weighted by Gasteiger charge is 2.60. The summed E-state index contributed by atoms with van der Waals surface area (Å²) in [4.78, 5) is 11.5. The summed E-state index contributed by atoms with van der Waals surface area (Å²) in [5, 5.41) is 9.53. The van der Waals surface area contributed by atoms with Crippen molar-refractivity contribution in [3.8, 4) is 0 Å². The number of Topliss-reactive ketones (excluding diaryl/α,β-unsaturated/α-hetero) is 1. The second-order valence-electron chi connectivity index (χ2n) is 4.92. The maximum absolute atomic E-state index is 11.5. The molecule has 0 aromatic carbocycles. The summed E-state index contributed by atoms with van der Waals surface area (Å²) in [5.74, 6) is 0.927. The lowest BCUT2D eigenvalue weighted by molar-refractivity contribution is -0.177. The van der Waals surface area contributed by atoms with Gasteiger partial charge in [-0.1, -0.05) is 20.8 Å². The van der Waals surface area contributed by atoms with E-state index in [9.17, 15) is 9.90 Å². The van der Waals surface area contributed by atoms with Crippen LogP contribution in [-0.2, 0) is 4.79 Å². The van der Waals surface area contributed by atoms with Gasteiger partial charge in [-0.05, 0) is 23.7 Å². The van der Waals surface area contributed by atoms with Crippen molar-refractivity contribution in [3.05, 3.63) is 0 Å². The number of aliphatic hydroxyl groups is 1. The fraction of sp³-hybridized carbons (Fsp3) is 0.900. The van der Waals surface area contributed by atoms with Crippen LogP contribution in [0.3, 0.4) is 0 Å². The first-order valence-electron chi connectivity index (χ1n) is 4.68. The lowest BCUT2D eigenvalue weighted by atomic mass is 9.45. The van der Waals surface area contributed by atoms with E-state index in [1.54, 1.807) is 0 Å². The third-order valence-corrected chi connectivity index (χ3v) is 4.11. The Morgan fingerprint density at radius 2 is 2.08 bits per heavy atom. The SMILES string of the molecule is C[C@@H]1[C@H]2C[C@@H](C(=O)[C@@H]1O)C2(C)C. The highest BCUT2D eigenvalue weighted by molar-refractivity contribution is 5.88. The molecule has 0 aromatic heterocycles. The molecule has 68 valence electrons. The Labute approximate surface area is 73.0 Å². The highest BCUT2D eigenvalue weighted by Crippen LogP contribution is 2.59. The van der Waals surface area contributed by atoms with Gasteiger partial charge in [0.05, 0.1) is 0 Å². The number of hydrogen-bond donors (Lipinski definition) is 1. The number of fused-ring (bicyclic) bond motifs is 2. The third kappa shape index (κ3) is 0.717. The maximum Gasteiger partial charge on any atom is 0.165 e. The van der Waals surface area contributed by atoms with Gasteiger partial charge < -0.3 is 5.11 Å². The normalized spacial score (nSPS) is 50.2. The van der Waals surface area contributed by atoms with Crippen molar-refractivity contribution >= 4 is 5.78 Å². The number of carbonyl (C=O) groups is 1. The summed E-state index contributed by atoms with van der Waals surface area (Å²) in [7, 11) is 0. The molecule has 3 aliphatic rings. The number of carbonyl (C=O) groups excluding carboxylic acids is 1. The van der Waals surface area contributed by atoms with Gasteiger partial charge in [0.15, 0.2) is 5.78 Å². The molecule has 3 aliphatic carbocycles. The standard InChI is InChI=1S/C10H16O2/c1-5-6-4-7(10(6,2)3)9(12)8(5)11/h5-8,11H,4H2,1-3H3/t5-,6-,7+,8-/m1/s1. The fourth-order valence-electron chi connectivity index (χ4n) is 3.02. The minimum Gasteiger partial charge on any atom is -0.385 e. The van der Waals surface area contributed by atoms with Crippen LogP contribution in [-0.4, -0.2) is 17.0 Å². The molecule has 0 spiro atoms. The zero-order valence-corrected chi connectivity index (χ0v) is 7.87. The van der Waals surface area contributed by atoms with Gasteiger partial charge in [0.25, 0.3) is 0 Å². The van der Waals surface area contributed by atoms with Crippen LogP contribution in [0.1, 0.15) is 27.2 Å². The molecule has 0 aliphatic heterocycles. The average molecular weight is 168 g/mol. The smallest absolute Gasteiger partial charge is 0.165 e. The second kappa shape index (κ2) is 2.11. The summed E-state index contributed by atoms with van der Waals surface area (Å²) < 4.78 is 0. The van der Waals surface area contributed by atoms with E-state index in [0.29, 0.717) is 5.92 Å². The van der Waals surface area contributed by atoms with E-state index in [2.05, 4.69) is 13.8 Å². The monoisotopic (exact) mass is 168 g/mol. The molecule has 2 bridgehead atoms. The van der Waals surface area contributed by atoms with Crippen LogP contribution in [0.15, 0.2) is 0 Å². The van der Waals surface area contributed by atoms with Gasteiger partial charge in [-0.15, -0.1) is 0 Å². The Balaban J connectivity index is 2.30. The lowest BCUT2D eigenvalue weighted by Gasteiger charge is -2.59. The van der Waals surface area contributed by atoms with Crippen LogP contribution in [0, 0.1) is 23.2 Å². The molecule has 2 heteroatoms. The molecule has 3 saturated carbocycles. The van der Waals surface area contributed by atoms with Crippen LogP contribution in [0.25, 0.3) is 0 Å². The highest BCUT2D eigenvalue weighted by atomic mass is 16.3. The first kappa shape index (κ1) is 8.24. The van der Waals surface area contributed by atoms with Crippen molar-refractivity contribution in [2.75, 3.05) is 0 Å². The number of ketones is 1. The second-order valence-corrected chi connectivity index (χ2v) is 4.92. The maximum atomic E-state index is 11.5. The molecule has 0 aromatic rings. The van der Waals surface area contributed by atoms with Crippen LogP contribution in [0.2, 0.25) is 0 Å². The van der Waals surface area contributed by atoms with E-state index in [1.165, 1.54) is 0 Å². The van der Waals surface area contributed by atoms with Crippen LogP contribution in [0.4, 0.5) is 0 Å². The van der Waals surface area contributed by atoms with E-state index in [0.717, 1.165) is 6.42 Å². The van der Waals surface area contributed by atoms with Gasteiger partial charge in [0.1, 0.15) is 6.10 Å². The van der Waals surface area contributed by atoms with Crippen molar-refractivity contribution in [1.82, 2.24) is 0 Å². The van der Waals surface area contributed by atoms with Gasteiger partial charge in [-0.2, -0.15) is 0 Å². The Morgan fingerprint density at radius 1 is 1.50 bits per heavy atom. The summed E-state index contributed by atoms with van der Waals surface area (Å²) in [6, 6.07) is 0.